The highest BCUT2D eigenvalue weighted by Crippen LogP contribution is 2.41. The molecule has 3 aromatic carbocycles. The Labute approximate surface area is 233 Å². The summed E-state index contributed by atoms with van der Waals surface area (Å²) in [6.07, 6.45) is 0.153. The van der Waals surface area contributed by atoms with E-state index in [1.165, 1.54) is 28.4 Å². The summed E-state index contributed by atoms with van der Waals surface area (Å²) < 4.78 is 0. The lowest BCUT2D eigenvalue weighted by atomic mass is 10.0. The summed E-state index contributed by atoms with van der Waals surface area (Å²) in [7, 11) is 0. The summed E-state index contributed by atoms with van der Waals surface area (Å²) in [5.41, 5.74) is 2.71. The molecule has 2 aliphatic rings. The summed E-state index contributed by atoms with van der Waals surface area (Å²) in [4.78, 5) is 52.1. The molecule has 0 saturated carbocycles. The zero-order valence-electron chi connectivity index (χ0n) is 20.7. The van der Waals surface area contributed by atoms with Gasteiger partial charge in [-0.3, -0.25) is 19.3 Å². The van der Waals surface area contributed by atoms with Gasteiger partial charge in [-0.1, -0.05) is 48.5 Å². The minimum absolute atomic E-state index is 0.00319. The van der Waals surface area contributed by atoms with Crippen molar-refractivity contribution >= 4 is 52.9 Å². The van der Waals surface area contributed by atoms with Gasteiger partial charge in [0.05, 0.1) is 6.42 Å². The van der Waals surface area contributed by atoms with Gasteiger partial charge in [-0.15, -0.1) is 23.5 Å². The summed E-state index contributed by atoms with van der Waals surface area (Å²) in [5, 5.41) is 15.1. The molecule has 0 spiro atoms. The number of carbonyl (C=O) groups is 4. The van der Waals surface area contributed by atoms with Gasteiger partial charge < -0.3 is 15.7 Å². The lowest BCUT2D eigenvalue weighted by molar-refractivity contribution is -0.150. The first-order chi connectivity index (χ1) is 18.9. The van der Waals surface area contributed by atoms with Crippen molar-refractivity contribution in [2.45, 2.75) is 22.7 Å². The molecule has 198 valence electrons. The molecule has 1 fully saturated rings. The first-order valence-corrected chi connectivity index (χ1v) is 14.3. The van der Waals surface area contributed by atoms with E-state index in [1.54, 1.807) is 36.4 Å². The first-order valence-electron chi connectivity index (χ1n) is 12.2. The van der Waals surface area contributed by atoms with E-state index >= 15 is 0 Å². The van der Waals surface area contributed by atoms with E-state index in [9.17, 15) is 24.3 Å². The normalized spacial score (nSPS) is 18.2. The zero-order chi connectivity index (χ0) is 27.4. The number of carboxylic acid groups (broad SMARTS) is 1. The van der Waals surface area contributed by atoms with Gasteiger partial charge in [-0.25, -0.2) is 4.79 Å². The Kier molecular flexibility index (Phi) is 8.04. The standard InChI is InChI=1S/C29H25N3O5S2/c33-23(15-18-7-3-1-4-8-18)31-24-27(35)32-25(29(36)37)20(17-39-28(24)32)16-38-22-13-11-21(12-14-22)30-26(34)19-9-5-2-6-10-19/h1-14,24,28H,15-17H2,(H,30,34)(H,31,33)(H,36,37)/t24-,28-/m1/s1. The van der Waals surface area contributed by atoms with Crippen LogP contribution in [0.15, 0.2) is 101 Å². The van der Waals surface area contributed by atoms with Crippen LogP contribution in [0, 0.1) is 0 Å². The molecular formula is C29H25N3O5S2. The molecule has 0 radical (unpaired) electrons. The van der Waals surface area contributed by atoms with Crippen molar-refractivity contribution < 1.29 is 24.3 Å². The van der Waals surface area contributed by atoms with Gasteiger partial charge in [0.1, 0.15) is 17.1 Å². The number of rotatable bonds is 9. The predicted octanol–water partition coefficient (Wildman–Crippen LogP) is 4.01. The molecule has 0 bridgehead atoms. The number of fused-ring (bicyclic) bond motifs is 1. The molecule has 0 unspecified atom stereocenters. The summed E-state index contributed by atoms with van der Waals surface area (Å²) >= 11 is 2.91. The number of benzene rings is 3. The number of anilines is 1. The smallest absolute Gasteiger partial charge is 0.352 e. The van der Waals surface area contributed by atoms with Crippen LogP contribution in [0.1, 0.15) is 15.9 Å². The van der Waals surface area contributed by atoms with Crippen molar-refractivity contribution in [3.8, 4) is 0 Å². The number of nitrogens with zero attached hydrogens (tertiary/aromatic N) is 1. The lowest BCUT2D eigenvalue weighted by Gasteiger charge is -2.49. The minimum Gasteiger partial charge on any atom is -0.477 e. The number of β-lactam (4-membered cyclic amide) rings is 1. The third-order valence-corrected chi connectivity index (χ3v) is 8.77. The van der Waals surface area contributed by atoms with Crippen molar-refractivity contribution in [1.82, 2.24) is 10.2 Å². The van der Waals surface area contributed by atoms with Crippen molar-refractivity contribution in [2.75, 3.05) is 16.8 Å². The van der Waals surface area contributed by atoms with Crippen LogP contribution in [0.4, 0.5) is 5.69 Å². The van der Waals surface area contributed by atoms with Crippen LogP contribution in [0.2, 0.25) is 0 Å². The second kappa shape index (κ2) is 11.8. The van der Waals surface area contributed by atoms with Crippen LogP contribution in [0.25, 0.3) is 0 Å². The molecule has 2 heterocycles. The molecule has 3 aromatic rings. The summed E-state index contributed by atoms with van der Waals surface area (Å²) in [5.74, 6) is -1.20. The number of hydrogen-bond donors (Lipinski definition) is 3. The Morgan fingerprint density at radius 2 is 1.62 bits per heavy atom. The van der Waals surface area contributed by atoms with Crippen molar-refractivity contribution in [3.05, 3.63) is 107 Å². The minimum atomic E-state index is -1.16. The topological polar surface area (TPSA) is 116 Å². The number of carbonyl (C=O) groups excluding carboxylic acids is 3. The van der Waals surface area contributed by atoms with E-state index in [0.29, 0.717) is 28.3 Å². The Morgan fingerprint density at radius 1 is 0.949 bits per heavy atom. The number of carboxylic acids is 1. The van der Waals surface area contributed by atoms with Gasteiger partial charge in [-0.05, 0) is 47.5 Å². The molecule has 5 rings (SSSR count). The van der Waals surface area contributed by atoms with Crippen molar-refractivity contribution in [1.29, 1.82) is 0 Å². The van der Waals surface area contributed by atoms with Gasteiger partial charge in [-0.2, -0.15) is 0 Å². The number of amides is 3. The van der Waals surface area contributed by atoms with E-state index in [4.69, 9.17) is 0 Å². The average Bonchev–Trinajstić information content (AvgIpc) is 2.96. The molecule has 2 atom stereocenters. The van der Waals surface area contributed by atoms with Gasteiger partial charge >= 0.3 is 5.97 Å². The number of thioether (sulfide) groups is 2. The fourth-order valence-electron chi connectivity index (χ4n) is 4.40. The largest absolute Gasteiger partial charge is 0.477 e. The second-order valence-electron chi connectivity index (χ2n) is 9.01. The van der Waals surface area contributed by atoms with Crippen LogP contribution in [-0.2, 0) is 20.8 Å². The second-order valence-corrected chi connectivity index (χ2v) is 11.2. The molecule has 2 aliphatic heterocycles. The molecular weight excluding hydrogens is 534 g/mol. The Bertz CT molecular complexity index is 1430. The van der Waals surface area contributed by atoms with E-state index in [0.717, 1.165) is 10.5 Å². The quantitative estimate of drug-likeness (QED) is 0.268. The number of aliphatic carboxylic acids is 1. The highest BCUT2D eigenvalue weighted by atomic mass is 32.2. The third-order valence-electron chi connectivity index (χ3n) is 6.34. The Balaban J connectivity index is 1.19. The molecule has 10 heteroatoms. The van der Waals surface area contributed by atoms with E-state index in [-0.39, 0.29) is 23.9 Å². The molecule has 3 N–H and O–H groups in total. The molecule has 0 aliphatic carbocycles. The van der Waals surface area contributed by atoms with Crippen LogP contribution in [0.3, 0.4) is 0 Å². The predicted molar refractivity (Wildman–Crippen MR) is 151 cm³/mol. The van der Waals surface area contributed by atoms with Crippen molar-refractivity contribution in [2.24, 2.45) is 0 Å². The fraction of sp³-hybridized carbons (Fsp3) is 0.172. The highest BCUT2D eigenvalue weighted by Gasteiger charge is 2.54. The van der Waals surface area contributed by atoms with Crippen molar-refractivity contribution in [3.63, 3.8) is 0 Å². The Morgan fingerprint density at radius 3 is 2.28 bits per heavy atom. The van der Waals surface area contributed by atoms with Gasteiger partial charge in [0.15, 0.2) is 0 Å². The van der Waals surface area contributed by atoms with Crippen LogP contribution in [-0.4, -0.2) is 56.6 Å². The van der Waals surface area contributed by atoms with Crippen LogP contribution >= 0.6 is 23.5 Å². The maximum Gasteiger partial charge on any atom is 0.352 e. The third kappa shape index (κ3) is 6.02. The highest BCUT2D eigenvalue weighted by molar-refractivity contribution is 8.01. The van der Waals surface area contributed by atoms with E-state index in [1.807, 2.05) is 48.5 Å². The van der Waals surface area contributed by atoms with E-state index in [2.05, 4.69) is 10.6 Å². The van der Waals surface area contributed by atoms with Gasteiger partial charge in [0, 0.05) is 27.7 Å². The monoisotopic (exact) mass is 559 g/mol. The Hall–Kier alpha value is -4.02. The SMILES string of the molecule is O=C(Cc1ccccc1)N[C@@H]1C(=O)N2C(C(=O)O)=C(CSc3ccc(NC(=O)c4ccccc4)cc3)CS[C@H]12. The molecule has 3 amide bonds. The molecule has 39 heavy (non-hydrogen) atoms. The molecule has 1 saturated heterocycles. The van der Waals surface area contributed by atoms with E-state index < -0.39 is 23.3 Å². The average molecular weight is 560 g/mol. The first kappa shape index (κ1) is 26.6. The molecule has 8 nitrogen and oxygen atoms in total. The number of nitrogens with one attached hydrogen (secondary N) is 2. The van der Waals surface area contributed by atoms with Gasteiger partial charge in [0.2, 0.25) is 5.91 Å². The molecule has 0 aromatic heterocycles. The maximum absolute atomic E-state index is 12.9. The maximum atomic E-state index is 12.9. The summed E-state index contributed by atoms with van der Waals surface area (Å²) in [6.45, 7) is 0. The number of hydrogen-bond acceptors (Lipinski definition) is 6. The summed E-state index contributed by atoms with van der Waals surface area (Å²) in [6, 6.07) is 24.7. The van der Waals surface area contributed by atoms with Crippen LogP contribution in [0.5, 0.6) is 0 Å². The fourth-order valence-corrected chi connectivity index (χ4v) is 6.78. The lowest BCUT2D eigenvalue weighted by Crippen LogP contribution is -2.70. The van der Waals surface area contributed by atoms with Crippen LogP contribution < -0.4 is 10.6 Å². The zero-order valence-corrected chi connectivity index (χ0v) is 22.3. The van der Waals surface area contributed by atoms with Gasteiger partial charge in [0.25, 0.3) is 11.8 Å².